The SMILES string of the molecule is CCN1C(C)(C)CC(=C2CC(C)(C)N(CC)C(C)(C)C2)CC1(C)C. The molecule has 2 fully saturated rings. The molecule has 2 nitrogen and oxygen atoms in total. The summed E-state index contributed by atoms with van der Waals surface area (Å²) in [5.41, 5.74) is 4.55. The first-order valence-corrected chi connectivity index (χ1v) is 10.0. The number of piperidine rings is 2. The summed E-state index contributed by atoms with van der Waals surface area (Å²) in [6.07, 6.45) is 4.94. The van der Waals surface area contributed by atoms with E-state index in [1.165, 1.54) is 25.7 Å². The summed E-state index contributed by atoms with van der Waals surface area (Å²) >= 11 is 0. The number of hydrogen-bond donors (Lipinski definition) is 0. The first kappa shape index (κ1) is 20.0. The first-order chi connectivity index (χ1) is 10.8. The Bertz CT molecular complexity index is 422. The van der Waals surface area contributed by atoms with E-state index in [-0.39, 0.29) is 22.2 Å². The molecule has 140 valence electrons. The number of hydrogen-bond acceptors (Lipinski definition) is 2. The molecule has 0 saturated carbocycles. The zero-order valence-electron chi connectivity index (χ0n) is 18.1. The van der Waals surface area contributed by atoms with Gasteiger partial charge in [0.2, 0.25) is 0 Å². The van der Waals surface area contributed by atoms with Gasteiger partial charge in [-0.1, -0.05) is 25.0 Å². The molecule has 2 saturated heterocycles. The summed E-state index contributed by atoms with van der Waals surface area (Å²) in [5, 5.41) is 0. The van der Waals surface area contributed by atoms with Crippen LogP contribution in [0.4, 0.5) is 0 Å². The second-order valence-electron chi connectivity index (χ2n) is 10.7. The fourth-order valence-corrected chi connectivity index (χ4v) is 6.45. The maximum Gasteiger partial charge on any atom is 0.0195 e. The molecule has 2 aliphatic heterocycles. The summed E-state index contributed by atoms with van der Waals surface area (Å²) in [6.45, 7) is 26.4. The van der Waals surface area contributed by atoms with Gasteiger partial charge in [0, 0.05) is 22.2 Å². The largest absolute Gasteiger partial charge is 0.293 e. The van der Waals surface area contributed by atoms with Gasteiger partial charge in [-0.2, -0.15) is 0 Å². The van der Waals surface area contributed by atoms with Crippen LogP contribution in [0.2, 0.25) is 0 Å². The lowest BCUT2D eigenvalue weighted by atomic mass is 9.69. The van der Waals surface area contributed by atoms with E-state index in [0.717, 1.165) is 13.1 Å². The van der Waals surface area contributed by atoms with E-state index in [9.17, 15) is 0 Å². The third-order valence-electron chi connectivity index (χ3n) is 6.64. The van der Waals surface area contributed by atoms with Crippen molar-refractivity contribution in [3.8, 4) is 0 Å². The van der Waals surface area contributed by atoms with Crippen molar-refractivity contribution in [1.29, 1.82) is 0 Å². The molecular formula is C22H42N2. The van der Waals surface area contributed by atoms with Crippen LogP contribution in [0.1, 0.15) is 94.9 Å². The molecule has 0 aromatic carbocycles. The van der Waals surface area contributed by atoms with E-state index in [0.29, 0.717) is 0 Å². The monoisotopic (exact) mass is 334 g/mol. The number of likely N-dealkylation sites (tertiary alicyclic amines) is 2. The van der Waals surface area contributed by atoms with Crippen molar-refractivity contribution in [2.45, 2.75) is 117 Å². The van der Waals surface area contributed by atoms with Crippen molar-refractivity contribution in [3.63, 3.8) is 0 Å². The summed E-state index contributed by atoms with van der Waals surface area (Å²) in [7, 11) is 0. The van der Waals surface area contributed by atoms with Crippen LogP contribution in [0.3, 0.4) is 0 Å². The molecule has 2 heteroatoms. The zero-order chi connectivity index (χ0) is 18.6. The Morgan fingerprint density at radius 1 is 0.542 bits per heavy atom. The topological polar surface area (TPSA) is 6.48 Å². The number of rotatable bonds is 2. The Morgan fingerprint density at radius 2 is 0.750 bits per heavy atom. The minimum absolute atomic E-state index is 0.259. The van der Waals surface area contributed by atoms with Crippen molar-refractivity contribution in [2.24, 2.45) is 0 Å². The van der Waals surface area contributed by atoms with Gasteiger partial charge in [0.1, 0.15) is 0 Å². The standard InChI is InChI=1S/C22H42N2/c1-11-23-19(3,4)13-17(14-20(23,5)6)18-15-21(7,8)24(12-2)22(9,10)16-18/h11-16H2,1-10H3. The fraction of sp³-hybridized carbons (Fsp3) is 0.909. The molecule has 0 unspecified atom stereocenters. The molecule has 0 radical (unpaired) electrons. The highest BCUT2D eigenvalue weighted by atomic mass is 15.3. The molecule has 24 heavy (non-hydrogen) atoms. The lowest BCUT2D eigenvalue weighted by molar-refractivity contribution is -0.0127. The highest BCUT2D eigenvalue weighted by Gasteiger charge is 2.46. The minimum Gasteiger partial charge on any atom is -0.293 e. The van der Waals surface area contributed by atoms with Gasteiger partial charge >= 0.3 is 0 Å². The molecule has 0 aromatic heterocycles. The predicted octanol–water partition coefficient (Wildman–Crippen LogP) is 5.63. The van der Waals surface area contributed by atoms with Crippen LogP contribution in [0.15, 0.2) is 11.1 Å². The van der Waals surface area contributed by atoms with Crippen LogP contribution in [-0.4, -0.2) is 45.0 Å². The lowest BCUT2D eigenvalue weighted by Gasteiger charge is -2.57. The van der Waals surface area contributed by atoms with Crippen LogP contribution in [0.25, 0.3) is 0 Å². The van der Waals surface area contributed by atoms with Crippen molar-refractivity contribution in [1.82, 2.24) is 9.80 Å². The third-order valence-corrected chi connectivity index (χ3v) is 6.64. The summed E-state index contributed by atoms with van der Waals surface area (Å²) in [5.74, 6) is 0. The highest BCUT2D eigenvalue weighted by molar-refractivity contribution is 5.29. The summed E-state index contributed by atoms with van der Waals surface area (Å²) in [6, 6.07) is 0. The Labute approximate surface area is 151 Å². The molecule has 0 aliphatic carbocycles. The molecule has 0 atom stereocenters. The average Bonchev–Trinajstić information content (AvgIpc) is 2.33. The van der Waals surface area contributed by atoms with Crippen molar-refractivity contribution in [3.05, 3.63) is 11.1 Å². The highest BCUT2D eigenvalue weighted by Crippen LogP contribution is 2.48. The average molecular weight is 335 g/mol. The van der Waals surface area contributed by atoms with E-state index in [1.54, 1.807) is 11.1 Å². The second-order valence-corrected chi connectivity index (χ2v) is 10.7. The lowest BCUT2D eigenvalue weighted by Crippen LogP contribution is -2.61. The predicted molar refractivity (Wildman–Crippen MR) is 107 cm³/mol. The maximum atomic E-state index is 2.71. The fourth-order valence-electron chi connectivity index (χ4n) is 6.45. The minimum atomic E-state index is 0.259. The van der Waals surface area contributed by atoms with Gasteiger partial charge < -0.3 is 0 Å². The van der Waals surface area contributed by atoms with E-state index < -0.39 is 0 Å². The second kappa shape index (κ2) is 6.13. The molecule has 0 amide bonds. The zero-order valence-corrected chi connectivity index (χ0v) is 18.1. The van der Waals surface area contributed by atoms with Crippen LogP contribution >= 0.6 is 0 Å². The normalized spacial score (nSPS) is 29.8. The Balaban J connectivity index is 2.43. The van der Waals surface area contributed by atoms with E-state index in [1.807, 2.05) is 0 Å². The maximum absolute atomic E-state index is 2.71. The van der Waals surface area contributed by atoms with E-state index >= 15 is 0 Å². The third kappa shape index (κ3) is 3.46. The van der Waals surface area contributed by atoms with Crippen molar-refractivity contribution < 1.29 is 0 Å². The van der Waals surface area contributed by atoms with Crippen molar-refractivity contribution in [2.75, 3.05) is 13.1 Å². The molecule has 0 bridgehead atoms. The van der Waals surface area contributed by atoms with Gasteiger partial charge in [-0.05, 0) is 94.2 Å². The van der Waals surface area contributed by atoms with Gasteiger partial charge in [-0.25, -0.2) is 0 Å². The Hall–Kier alpha value is -0.340. The smallest absolute Gasteiger partial charge is 0.0195 e. The van der Waals surface area contributed by atoms with Crippen LogP contribution in [-0.2, 0) is 0 Å². The van der Waals surface area contributed by atoms with Gasteiger partial charge in [-0.3, -0.25) is 9.80 Å². The molecule has 0 spiro atoms. The summed E-state index contributed by atoms with van der Waals surface area (Å²) < 4.78 is 0. The van der Waals surface area contributed by atoms with Crippen LogP contribution in [0, 0.1) is 0 Å². The summed E-state index contributed by atoms with van der Waals surface area (Å²) in [4.78, 5) is 5.42. The van der Waals surface area contributed by atoms with Gasteiger partial charge in [0.15, 0.2) is 0 Å². The first-order valence-electron chi connectivity index (χ1n) is 10.0. The van der Waals surface area contributed by atoms with Crippen molar-refractivity contribution >= 4 is 0 Å². The van der Waals surface area contributed by atoms with Crippen LogP contribution < -0.4 is 0 Å². The van der Waals surface area contributed by atoms with E-state index in [2.05, 4.69) is 79.0 Å². The molecule has 2 rings (SSSR count). The van der Waals surface area contributed by atoms with Crippen LogP contribution in [0.5, 0.6) is 0 Å². The Kier molecular flexibility index (Phi) is 5.10. The number of nitrogens with zero attached hydrogens (tertiary/aromatic N) is 2. The van der Waals surface area contributed by atoms with Gasteiger partial charge in [-0.15, -0.1) is 0 Å². The molecular weight excluding hydrogens is 292 g/mol. The quantitative estimate of drug-likeness (QED) is 0.604. The molecule has 2 aliphatic rings. The Morgan fingerprint density at radius 3 is 0.917 bits per heavy atom. The van der Waals surface area contributed by atoms with E-state index in [4.69, 9.17) is 0 Å². The molecule has 0 aromatic rings. The molecule has 2 heterocycles. The molecule has 0 N–H and O–H groups in total. The van der Waals surface area contributed by atoms with Gasteiger partial charge in [0.25, 0.3) is 0 Å². The van der Waals surface area contributed by atoms with Gasteiger partial charge in [0.05, 0.1) is 0 Å².